The van der Waals surface area contributed by atoms with Crippen LogP contribution in [0.25, 0.3) is 5.69 Å². The Bertz CT molecular complexity index is 502. The molecule has 2 nitrogen and oxygen atoms in total. The molecule has 2 rings (SSSR count). The smallest absolute Gasteiger partial charge is 0.166 e. The standard InChI is InChI=1S/C12H10INO/c1-9-11(13)5-2-6-12(9)14-7-3-4-10(14)8-15/h2-8H,1H3. The van der Waals surface area contributed by atoms with Gasteiger partial charge < -0.3 is 4.57 Å². The highest BCUT2D eigenvalue weighted by Gasteiger charge is 2.06. The lowest BCUT2D eigenvalue weighted by atomic mass is 10.2. The predicted octanol–water partition coefficient (Wildman–Crippen LogP) is 3.20. The number of halogens is 1. The van der Waals surface area contributed by atoms with E-state index in [4.69, 9.17) is 0 Å². The first-order valence-corrected chi connectivity index (χ1v) is 5.70. The molecule has 2 aromatic rings. The third-order valence-electron chi connectivity index (χ3n) is 2.40. The van der Waals surface area contributed by atoms with Gasteiger partial charge in [-0.15, -0.1) is 0 Å². The van der Waals surface area contributed by atoms with Gasteiger partial charge in [0.1, 0.15) is 0 Å². The second-order valence-electron chi connectivity index (χ2n) is 3.30. The lowest BCUT2D eigenvalue weighted by Crippen LogP contribution is -2.00. The first kappa shape index (κ1) is 10.4. The molecule has 0 N–H and O–H groups in total. The fourth-order valence-corrected chi connectivity index (χ4v) is 2.05. The Labute approximate surface area is 102 Å². The highest BCUT2D eigenvalue weighted by atomic mass is 127. The summed E-state index contributed by atoms with van der Waals surface area (Å²) < 4.78 is 3.11. The van der Waals surface area contributed by atoms with E-state index in [1.807, 2.05) is 35.0 Å². The Hall–Kier alpha value is -1.10. The molecule has 1 aromatic heterocycles. The number of aldehydes is 1. The van der Waals surface area contributed by atoms with Crippen molar-refractivity contribution in [2.45, 2.75) is 6.92 Å². The van der Waals surface area contributed by atoms with Crippen LogP contribution >= 0.6 is 22.6 Å². The topological polar surface area (TPSA) is 22.0 Å². The maximum atomic E-state index is 10.8. The molecule has 3 heteroatoms. The van der Waals surface area contributed by atoms with Crippen molar-refractivity contribution >= 4 is 28.9 Å². The Kier molecular flexibility index (Phi) is 2.90. The quantitative estimate of drug-likeness (QED) is 0.617. The fraction of sp³-hybridized carbons (Fsp3) is 0.0833. The zero-order chi connectivity index (χ0) is 10.8. The van der Waals surface area contributed by atoms with Gasteiger partial charge in [-0.05, 0) is 59.3 Å². The van der Waals surface area contributed by atoms with Crippen molar-refractivity contribution in [3.63, 3.8) is 0 Å². The van der Waals surface area contributed by atoms with Gasteiger partial charge in [0.25, 0.3) is 0 Å². The van der Waals surface area contributed by atoms with E-state index >= 15 is 0 Å². The fourth-order valence-electron chi connectivity index (χ4n) is 1.57. The Morgan fingerprint density at radius 3 is 2.80 bits per heavy atom. The van der Waals surface area contributed by atoms with E-state index in [1.54, 1.807) is 0 Å². The van der Waals surface area contributed by atoms with Gasteiger partial charge in [-0.25, -0.2) is 0 Å². The van der Waals surface area contributed by atoms with E-state index in [0.29, 0.717) is 5.69 Å². The molecular formula is C12H10INO. The number of carbonyl (C=O) groups is 1. The van der Waals surface area contributed by atoms with Gasteiger partial charge in [0.05, 0.1) is 5.69 Å². The molecule has 0 saturated carbocycles. The molecule has 15 heavy (non-hydrogen) atoms. The molecule has 0 bridgehead atoms. The van der Waals surface area contributed by atoms with Crippen LogP contribution in [0, 0.1) is 10.5 Å². The van der Waals surface area contributed by atoms with Gasteiger partial charge >= 0.3 is 0 Å². The summed E-state index contributed by atoms with van der Waals surface area (Å²) in [6, 6.07) is 9.77. The lowest BCUT2D eigenvalue weighted by molar-refractivity contribution is 0.111. The molecular weight excluding hydrogens is 301 g/mol. The zero-order valence-electron chi connectivity index (χ0n) is 8.27. The van der Waals surface area contributed by atoms with E-state index in [2.05, 4.69) is 35.6 Å². The Balaban J connectivity index is 2.64. The largest absolute Gasteiger partial charge is 0.314 e. The van der Waals surface area contributed by atoms with Crippen LogP contribution < -0.4 is 0 Å². The van der Waals surface area contributed by atoms with Crippen molar-refractivity contribution in [1.82, 2.24) is 4.57 Å². The Morgan fingerprint density at radius 2 is 2.07 bits per heavy atom. The summed E-state index contributed by atoms with van der Waals surface area (Å²) in [4.78, 5) is 10.8. The molecule has 1 aromatic carbocycles. The third kappa shape index (κ3) is 1.84. The number of hydrogen-bond donors (Lipinski definition) is 0. The van der Waals surface area contributed by atoms with Crippen LogP contribution in [0.5, 0.6) is 0 Å². The second kappa shape index (κ2) is 4.18. The third-order valence-corrected chi connectivity index (χ3v) is 3.57. The van der Waals surface area contributed by atoms with Gasteiger partial charge in [0.2, 0.25) is 0 Å². The maximum absolute atomic E-state index is 10.8. The van der Waals surface area contributed by atoms with Gasteiger partial charge in [0, 0.05) is 15.5 Å². The minimum absolute atomic E-state index is 0.681. The highest BCUT2D eigenvalue weighted by Crippen LogP contribution is 2.20. The molecule has 0 radical (unpaired) electrons. The molecule has 0 unspecified atom stereocenters. The van der Waals surface area contributed by atoms with Crippen molar-refractivity contribution in [3.05, 3.63) is 51.4 Å². The lowest BCUT2D eigenvalue weighted by Gasteiger charge is -2.10. The molecule has 0 aliphatic carbocycles. The van der Waals surface area contributed by atoms with Crippen LogP contribution in [0.1, 0.15) is 16.1 Å². The molecule has 76 valence electrons. The summed E-state index contributed by atoms with van der Waals surface area (Å²) >= 11 is 2.30. The van der Waals surface area contributed by atoms with Gasteiger partial charge in [-0.2, -0.15) is 0 Å². The van der Waals surface area contributed by atoms with Crippen LogP contribution in [0.4, 0.5) is 0 Å². The average Bonchev–Trinajstić information content (AvgIpc) is 2.70. The summed E-state index contributed by atoms with van der Waals surface area (Å²) in [7, 11) is 0. The van der Waals surface area contributed by atoms with Crippen molar-refractivity contribution in [2.24, 2.45) is 0 Å². The molecule has 0 fully saturated rings. The zero-order valence-corrected chi connectivity index (χ0v) is 10.4. The van der Waals surface area contributed by atoms with Crippen molar-refractivity contribution in [3.8, 4) is 5.69 Å². The van der Waals surface area contributed by atoms with E-state index in [-0.39, 0.29) is 0 Å². The molecule has 1 heterocycles. The first-order chi connectivity index (χ1) is 7.24. The van der Waals surface area contributed by atoms with Crippen LogP contribution in [-0.2, 0) is 0 Å². The van der Waals surface area contributed by atoms with Crippen molar-refractivity contribution < 1.29 is 4.79 Å². The summed E-state index contributed by atoms with van der Waals surface area (Å²) in [5, 5.41) is 0. The minimum Gasteiger partial charge on any atom is -0.314 e. The number of carbonyl (C=O) groups excluding carboxylic acids is 1. The molecule has 0 saturated heterocycles. The van der Waals surface area contributed by atoms with Crippen LogP contribution in [-0.4, -0.2) is 10.9 Å². The summed E-state index contributed by atoms with van der Waals surface area (Å²) in [5.41, 5.74) is 2.94. The minimum atomic E-state index is 0.681. The molecule has 0 spiro atoms. The van der Waals surface area contributed by atoms with Crippen LogP contribution in [0.3, 0.4) is 0 Å². The summed E-state index contributed by atoms with van der Waals surface area (Å²) in [5.74, 6) is 0. The summed E-state index contributed by atoms with van der Waals surface area (Å²) in [6.07, 6.45) is 2.78. The summed E-state index contributed by atoms with van der Waals surface area (Å²) in [6.45, 7) is 2.06. The van der Waals surface area contributed by atoms with Crippen molar-refractivity contribution in [1.29, 1.82) is 0 Å². The normalized spacial score (nSPS) is 10.3. The van der Waals surface area contributed by atoms with E-state index in [0.717, 1.165) is 12.0 Å². The van der Waals surface area contributed by atoms with Gasteiger partial charge in [0.15, 0.2) is 6.29 Å². The van der Waals surface area contributed by atoms with E-state index < -0.39 is 0 Å². The van der Waals surface area contributed by atoms with Crippen molar-refractivity contribution in [2.75, 3.05) is 0 Å². The number of rotatable bonds is 2. The molecule has 0 aliphatic rings. The molecule has 0 aliphatic heterocycles. The molecule has 0 atom stereocenters. The number of nitrogens with zero attached hydrogens (tertiary/aromatic N) is 1. The van der Waals surface area contributed by atoms with E-state index in [1.165, 1.54) is 9.13 Å². The van der Waals surface area contributed by atoms with Gasteiger partial charge in [-0.3, -0.25) is 4.79 Å². The van der Waals surface area contributed by atoms with Crippen LogP contribution in [0.15, 0.2) is 36.5 Å². The number of hydrogen-bond acceptors (Lipinski definition) is 1. The van der Waals surface area contributed by atoms with Crippen LogP contribution in [0.2, 0.25) is 0 Å². The average molecular weight is 311 g/mol. The van der Waals surface area contributed by atoms with Gasteiger partial charge in [-0.1, -0.05) is 6.07 Å². The monoisotopic (exact) mass is 311 g/mol. The predicted molar refractivity (Wildman–Crippen MR) is 68.6 cm³/mol. The maximum Gasteiger partial charge on any atom is 0.166 e. The highest BCUT2D eigenvalue weighted by molar-refractivity contribution is 14.1. The second-order valence-corrected chi connectivity index (χ2v) is 4.47. The Morgan fingerprint density at radius 1 is 1.27 bits per heavy atom. The van der Waals surface area contributed by atoms with E-state index in [9.17, 15) is 4.79 Å². The first-order valence-electron chi connectivity index (χ1n) is 4.62. The number of benzene rings is 1. The number of aromatic nitrogens is 1. The SMILES string of the molecule is Cc1c(I)cccc1-n1cccc1C=O. The molecule has 0 amide bonds.